The maximum atomic E-state index is 2.42. The first-order valence-corrected chi connectivity index (χ1v) is 10.1. The third-order valence-electron chi connectivity index (χ3n) is 5.29. The van der Waals surface area contributed by atoms with Gasteiger partial charge in [-0.15, -0.1) is 0 Å². The van der Waals surface area contributed by atoms with Crippen LogP contribution in [0.15, 0.2) is 60.8 Å². The van der Waals surface area contributed by atoms with Gasteiger partial charge in [0.2, 0.25) is 5.69 Å². The second-order valence-corrected chi connectivity index (χ2v) is 8.76. The Morgan fingerprint density at radius 1 is 0.875 bits per heavy atom. The number of rotatable bonds is 0. The number of aromatic nitrogens is 1. The Morgan fingerprint density at radius 2 is 1.67 bits per heavy atom. The van der Waals surface area contributed by atoms with Gasteiger partial charge in [-0.25, -0.2) is 0 Å². The van der Waals surface area contributed by atoms with Gasteiger partial charge in [0, 0.05) is 16.2 Å². The summed E-state index contributed by atoms with van der Waals surface area (Å²) in [4.78, 5) is 0. The average molecular weight is 328 g/mol. The summed E-state index contributed by atoms with van der Waals surface area (Å²) in [5.74, 6) is 0. The van der Waals surface area contributed by atoms with Crippen LogP contribution in [0, 0.1) is 6.92 Å². The molecule has 0 spiro atoms. The van der Waals surface area contributed by atoms with E-state index in [1.807, 2.05) is 0 Å². The van der Waals surface area contributed by atoms with Gasteiger partial charge in [0.1, 0.15) is 7.05 Å². The molecule has 1 unspecified atom stereocenters. The second-order valence-electron chi connectivity index (χ2n) is 6.72. The molecule has 0 bridgehead atoms. The third-order valence-corrected chi connectivity index (χ3v) is 7.51. The zero-order valence-electron chi connectivity index (χ0n) is 14.2. The highest BCUT2D eigenvalue weighted by Crippen LogP contribution is 2.45. The summed E-state index contributed by atoms with van der Waals surface area (Å²) >= 11 is 0. The summed E-state index contributed by atoms with van der Waals surface area (Å²) in [6, 6.07) is 20.2. The number of aryl methyl sites for hydroxylation is 2. The van der Waals surface area contributed by atoms with E-state index in [2.05, 4.69) is 86.0 Å². The highest BCUT2D eigenvalue weighted by molar-refractivity contribution is 7.73. The Balaban J connectivity index is 2.08. The van der Waals surface area contributed by atoms with Crippen LogP contribution in [0.2, 0.25) is 0 Å². The van der Waals surface area contributed by atoms with Gasteiger partial charge in [0.15, 0.2) is 6.20 Å². The molecule has 5 rings (SSSR count). The summed E-state index contributed by atoms with van der Waals surface area (Å²) in [6.45, 7) is 4.66. The van der Waals surface area contributed by atoms with Crippen LogP contribution in [0.4, 0.5) is 0 Å². The first-order valence-electron chi connectivity index (χ1n) is 8.34. The first kappa shape index (κ1) is 14.1. The third kappa shape index (κ3) is 1.71. The van der Waals surface area contributed by atoms with E-state index >= 15 is 0 Å². The fourth-order valence-electron chi connectivity index (χ4n) is 4.20. The van der Waals surface area contributed by atoms with Crippen molar-refractivity contribution in [3.63, 3.8) is 0 Å². The Kier molecular flexibility index (Phi) is 2.87. The van der Waals surface area contributed by atoms with E-state index in [-0.39, 0.29) is 7.92 Å². The molecule has 1 aliphatic heterocycles. The van der Waals surface area contributed by atoms with Crippen LogP contribution in [0.3, 0.4) is 0 Å². The SMILES string of the molecule is Cc1ccc2cccc3c2c1-c1c(c2ccccc2c[n+]1C)P3C. The second kappa shape index (κ2) is 4.88. The molecule has 0 saturated carbocycles. The van der Waals surface area contributed by atoms with Crippen LogP contribution >= 0.6 is 7.92 Å². The summed E-state index contributed by atoms with van der Waals surface area (Å²) in [6.07, 6.45) is 2.28. The molecule has 4 aromatic rings. The van der Waals surface area contributed by atoms with Crippen molar-refractivity contribution in [2.45, 2.75) is 6.92 Å². The zero-order chi connectivity index (χ0) is 16.4. The smallest absolute Gasteiger partial charge is 0.200 e. The Bertz CT molecular complexity index is 1140. The van der Waals surface area contributed by atoms with Crippen molar-refractivity contribution < 1.29 is 4.57 Å². The zero-order valence-corrected chi connectivity index (χ0v) is 15.1. The molecule has 0 amide bonds. The van der Waals surface area contributed by atoms with E-state index in [0.29, 0.717) is 0 Å². The number of hydrogen-bond acceptors (Lipinski definition) is 0. The Labute approximate surface area is 143 Å². The molecule has 1 aliphatic rings. The lowest BCUT2D eigenvalue weighted by Gasteiger charge is -2.26. The summed E-state index contributed by atoms with van der Waals surface area (Å²) in [5.41, 5.74) is 4.20. The minimum atomic E-state index is -0.362. The number of hydrogen-bond donors (Lipinski definition) is 0. The van der Waals surface area contributed by atoms with Crippen molar-refractivity contribution in [1.82, 2.24) is 0 Å². The van der Waals surface area contributed by atoms with Gasteiger partial charge in [-0.3, -0.25) is 0 Å². The predicted molar refractivity (Wildman–Crippen MR) is 105 cm³/mol. The van der Waals surface area contributed by atoms with Crippen LogP contribution in [-0.2, 0) is 7.05 Å². The van der Waals surface area contributed by atoms with Crippen molar-refractivity contribution in [3.05, 3.63) is 66.4 Å². The average Bonchev–Trinajstić information content (AvgIpc) is 2.60. The maximum absolute atomic E-state index is 2.42. The normalized spacial score (nSPS) is 15.7. The molecule has 0 aliphatic carbocycles. The predicted octanol–water partition coefficient (Wildman–Crippen LogP) is 4.17. The lowest BCUT2D eigenvalue weighted by atomic mass is 9.95. The number of pyridine rings is 1. The number of nitrogens with zero attached hydrogens (tertiary/aromatic N) is 1. The van der Waals surface area contributed by atoms with Crippen LogP contribution in [0.1, 0.15) is 5.56 Å². The van der Waals surface area contributed by atoms with E-state index < -0.39 is 0 Å². The topological polar surface area (TPSA) is 3.88 Å². The van der Waals surface area contributed by atoms with Gasteiger partial charge in [-0.2, -0.15) is 4.57 Å². The molecule has 116 valence electrons. The van der Waals surface area contributed by atoms with Gasteiger partial charge in [0.05, 0.1) is 10.9 Å². The monoisotopic (exact) mass is 328 g/mol. The van der Waals surface area contributed by atoms with Crippen LogP contribution in [0.5, 0.6) is 0 Å². The molecular formula is C22H19NP+. The van der Waals surface area contributed by atoms with Crippen LogP contribution in [0.25, 0.3) is 32.8 Å². The summed E-state index contributed by atoms with van der Waals surface area (Å²) < 4.78 is 2.34. The lowest BCUT2D eigenvalue weighted by Crippen LogP contribution is -2.39. The van der Waals surface area contributed by atoms with E-state index in [1.165, 1.54) is 49.0 Å². The lowest BCUT2D eigenvalue weighted by molar-refractivity contribution is -0.658. The van der Waals surface area contributed by atoms with Gasteiger partial charge in [-0.1, -0.05) is 48.5 Å². The number of fused-ring (bicyclic) bond motifs is 4. The quantitative estimate of drug-likeness (QED) is 0.337. The maximum Gasteiger partial charge on any atom is 0.221 e. The van der Waals surface area contributed by atoms with Gasteiger partial charge in [0.25, 0.3) is 0 Å². The highest BCUT2D eigenvalue weighted by Gasteiger charge is 2.33. The molecule has 3 aromatic carbocycles. The molecule has 1 nitrogen and oxygen atoms in total. The van der Waals surface area contributed by atoms with Crippen molar-refractivity contribution in [2.24, 2.45) is 7.05 Å². The minimum Gasteiger partial charge on any atom is -0.200 e. The molecule has 0 fully saturated rings. The molecule has 2 heteroatoms. The summed E-state index contributed by atoms with van der Waals surface area (Å²) in [5, 5.41) is 8.61. The molecule has 0 saturated heterocycles. The van der Waals surface area contributed by atoms with Crippen molar-refractivity contribution >= 4 is 40.1 Å². The number of benzene rings is 3. The standard InChI is InChI=1S/C22H19NP/c1-14-11-12-15-8-6-10-18-20(15)19(14)21-22(24(18)3)17-9-5-4-7-16(17)13-23(21)2/h4-13H,1-3H3/q+1. The first-order chi connectivity index (χ1) is 11.7. The van der Waals surface area contributed by atoms with Gasteiger partial charge >= 0.3 is 0 Å². The van der Waals surface area contributed by atoms with Crippen molar-refractivity contribution in [3.8, 4) is 11.3 Å². The summed E-state index contributed by atoms with van der Waals surface area (Å²) in [7, 11) is 1.83. The van der Waals surface area contributed by atoms with E-state index in [1.54, 1.807) is 0 Å². The van der Waals surface area contributed by atoms with Crippen molar-refractivity contribution in [2.75, 3.05) is 6.66 Å². The molecule has 0 N–H and O–H groups in total. The molecule has 24 heavy (non-hydrogen) atoms. The Morgan fingerprint density at radius 3 is 2.54 bits per heavy atom. The molecular weight excluding hydrogens is 309 g/mol. The van der Waals surface area contributed by atoms with E-state index in [9.17, 15) is 0 Å². The molecule has 1 atom stereocenters. The van der Waals surface area contributed by atoms with E-state index in [4.69, 9.17) is 0 Å². The fourth-order valence-corrected chi connectivity index (χ4v) is 6.48. The molecule has 1 aromatic heterocycles. The molecule has 2 heterocycles. The minimum absolute atomic E-state index is 0.362. The van der Waals surface area contributed by atoms with Gasteiger partial charge in [-0.05, 0) is 43.8 Å². The van der Waals surface area contributed by atoms with E-state index in [0.717, 1.165) is 0 Å². The van der Waals surface area contributed by atoms with Crippen molar-refractivity contribution in [1.29, 1.82) is 0 Å². The highest BCUT2D eigenvalue weighted by atomic mass is 31.1. The largest absolute Gasteiger partial charge is 0.221 e. The van der Waals surface area contributed by atoms with Crippen LogP contribution < -0.4 is 15.2 Å². The fraction of sp³-hybridized carbons (Fsp3) is 0.136. The molecule has 0 radical (unpaired) electrons. The Hall–Kier alpha value is -2.24. The van der Waals surface area contributed by atoms with Gasteiger partial charge < -0.3 is 0 Å². The van der Waals surface area contributed by atoms with Crippen LogP contribution in [-0.4, -0.2) is 6.66 Å².